The number of esters is 3. The first kappa shape index (κ1) is 63.8. The molecular weight excluding hydrogens is 853 g/mol. The molecule has 6 nitrogen and oxygen atoms in total. The minimum absolute atomic E-state index is 0.135. The molecule has 0 fully saturated rings. The van der Waals surface area contributed by atoms with Gasteiger partial charge in [0.2, 0.25) is 0 Å². The van der Waals surface area contributed by atoms with Crippen molar-refractivity contribution in [3.8, 4) is 0 Å². The molecule has 0 aliphatic heterocycles. The molecule has 0 aromatic heterocycles. The normalized spacial score (nSPS) is 13.5. The van der Waals surface area contributed by atoms with Gasteiger partial charge in [0.1, 0.15) is 13.2 Å². The van der Waals surface area contributed by atoms with Crippen LogP contribution in [0.5, 0.6) is 0 Å². The van der Waals surface area contributed by atoms with E-state index in [1.165, 1.54) is 0 Å². The van der Waals surface area contributed by atoms with Crippen molar-refractivity contribution in [2.45, 2.75) is 194 Å². The number of allylic oxidation sites excluding steroid dienone is 28. The van der Waals surface area contributed by atoms with E-state index in [4.69, 9.17) is 14.2 Å². The van der Waals surface area contributed by atoms with Crippen molar-refractivity contribution >= 4 is 17.9 Å². The third-order valence-electron chi connectivity index (χ3n) is 10.3. The molecular formula is C63H94O6. The smallest absolute Gasteiger partial charge is 0.306 e. The number of rotatable bonds is 45. The minimum Gasteiger partial charge on any atom is -0.462 e. The SMILES string of the molecule is CC/C=C/C=C/C=C/CCCCCCCC(=O)OCC(COC(=O)CC/C=C/C/C=C/C/C=C/C/C=C/C/C=C/C/C=C/CC)OC(=O)CCCCC/C=C/C/C=C/C/C=C/C/C=C/C/C=C/CC. The van der Waals surface area contributed by atoms with Gasteiger partial charge in [-0.3, -0.25) is 14.4 Å². The summed E-state index contributed by atoms with van der Waals surface area (Å²) in [5.41, 5.74) is 0. The topological polar surface area (TPSA) is 78.9 Å². The number of carbonyl (C=O) groups excluding carboxylic acids is 3. The summed E-state index contributed by atoms with van der Waals surface area (Å²) in [7, 11) is 0. The van der Waals surface area contributed by atoms with Gasteiger partial charge in [0.05, 0.1) is 0 Å². The largest absolute Gasteiger partial charge is 0.462 e. The molecule has 1 atom stereocenters. The molecule has 0 aliphatic carbocycles. The number of hydrogen-bond acceptors (Lipinski definition) is 6. The van der Waals surface area contributed by atoms with Gasteiger partial charge < -0.3 is 14.2 Å². The van der Waals surface area contributed by atoms with Crippen molar-refractivity contribution in [3.05, 3.63) is 170 Å². The van der Waals surface area contributed by atoms with Crippen LogP contribution in [0.1, 0.15) is 188 Å². The maximum atomic E-state index is 12.8. The zero-order valence-corrected chi connectivity index (χ0v) is 43.5. The van der Waals surface area contributed by atoms with E-state index < -0.39 is 6.10 Å². The average molecular weight is 947 g/mol. The quantitative estimate of drug-likeness (QED) is 0.0199. The summed E-state index contributed by atoms with van der Waals surface area (Å²) in [5, 5.41) is 0. The third kappa shape index (κ3) is 53.6. The summed E-state index contributed by atoms with van der Waals surface area (Å²) in [6.07, 6.45) is 82.1. The lowest BCUT2D eigenvalue weighted by molar-refractivity contribution is -0.166. The molecule has 0 amide bonds. The molecule has 6 heteroatoms. The lowest BCUT2D eigenvalue weighted by Crippen LogP contribution is -2.30. The second kappa shape index (κ2) is 55.4. The van der Waals surface area contributed by atoms with Gasteiger partial charge in [0.25, 0.3) is 0 Å². The summed E-state index contributed by atoms with van der Waals surface area (Å²) in [4.78, 5) is 38.0. The maximum Gasteiger partial charge on any atom is 0.306 e. The molecule has 0 aliphatic rings. The maximum absolute atomic E-state index is 12.8. The first-order chi connectivity index (χ1) is 34.0. The average Bonchev–Trinajstić information content (AvgIpc) is 3.35. The summed E-state index contributed by atoms with van der Waals surface area (Å²) >= 11 is 0. The Morgan fingerprint density at radius 3 is 1.07 bits per heavy atom. The van der Waals surface area contributed by atoms with Crippen molar-refractivity contribution in [1.29, 1.82) is 0 Å². The first-order valence-electron chi connectivity index (χ1n) is 26.7. The van der Waals surface area contributed by atoms with Gasteiger partial charge in [-0.1, -0.05) is 217 Å². The summed E-state index contributed by atoms with van der Waals surface area (Å²) < 4.78 is 16.7. The Labute approximate surface area is 422 Å². The summed E-state index contributed by atoms with van der Waals surface area (Å²) in [6.45, 7) is 6.13. The van der Waals surface area contributed by atoms with Crippen molar-refractivity contribution in [3.63, 3.8) is 0 Å². The van der Waals surface area contributed by atoms with Crippen LogP contribution in [0.4, 0.5) is 0 Å². The molecule has 1 unspecified atom stereocenters. The second-order valence-electron chi connectivity index (χ2n) is 16.7. The Hall–Kier alpha value is -5.23. The van der Waals surface area contributed by atoms with Gasteiger partial charge in [-0.2, -0.15) is 0 Å². The summed E-state index contributed by atoms with van der Waals surface area (Å²) in [6, 6.07) is 0. The van der Waals surface area contributed by atoms with E-state index in [0.29, 0.717) is 19.3 Å². The van der Waals surface area contributed by atoms with Gasteiger partial charge in [-0.15, -0.1) is 0 Å². The Morgan fingerprint density at radius 2 is 0.623 bits per heavy atom. The second-order valence-corrected chi connectivity index (χ2v) is 16.7. The molecule has 69 heavy (non-hydrogen) atoms. The van der Waals surface area contributed by atoms with Crippen LogP contribution in [0.25, 0.3) is 0 Å². The van der Waals surface area contributed by atoms with Crippen molar-refractivity contribution in [1.82, 2.24) is 0 Å². The third-order valence-corrected chi connectivity index (χ3v) is 10.3. The molecule has 0 spiro atoms. The Kier molecular flexibility index (Phi) is 51.2. The van der Waals surface area contributed by atoms with Crippen LogP contribution in [-0.4, -0.2) is 37.2 Å². The number of unbranched alkanes of at least 4 members (excludes halogenated alkanes) is 8. The fraction of sp³-hybridized carbons (Fsp3) is 0.508. The number of hydrogen-bond donors (Lipinski definition) is 0. The first-order valence-corrected chi connectivity index (χ1v) is 26.7. The van der Waals surface area contributed by atoms with Crippen LogP contribution in [-0.2, 0) is 28.6 Å². The van der Waals surface area contributed by atoms with Crippen LogP contribution in [0.3, 0.4) is 0 Å². The molecule has 0 saturated carbocycles. The highest BCUT2D eigenvalue weighted by atomic mass is 16.6. The Balaban J connectivity index is 4.63. The lowest BCUT2D eigenvalue weighted by atomic mass is 10.1. The van der Waals surface area contributed by atoms with Crippen LogP contribution in [0.2, 0.25) is 0 Å². The Morgan fingerprint density at radius 1 is 0.304 bits per heavy atom. The van der Waals surface area contributed by atoms with Gasteiger partial charge in [-0.05, 0) is 122 Å². The molecule has 0 rings (SSSR count). The molecule has 0 aromatic carbocycles. The van der Waals surface area contributed by atoms with Gasteiger partial charge in [0, 0.05) is 19.3 Å². The fourth-order valence-corrected chi connectivity index (χ4v) is 6.37. The van der Waals surface area contributed by atoms with Crippen LogP contribution in [0.15, 0.2) is 170 Å². The highest BCUT2D eigenvalue weighted by Gasteiger charge is 2.19. The lowest BCUT2D eigenvalue weighted by Gasteiger charge is -2.18. The van der Waals surface area contributed by atoms with E-state index >= 15 is 0 Å². The van der Waals surface area contributed by atoms with E-state index in [1.54, 1.807) is 0 Å². The van der Waals surface area contributed by atoms with E-state index in [-0.39, 0.29) is 44.0 Å². The molecule has 0 saturated heterocycles. The zero-order chi connectivity index (χ0) is 50.0. The monoisotopic (exact) mass is 947 g/mol. The van der Waals surface area contributed by atoms with Gasteiger partial charge in [-0.25, -0.2) is 0 Å². The van der Waals surface area contributed by atoms with Crippen LogP contribution in [0, 0.1) is 0 Å². The summed E-state index contributed by atoms with van der Waals surface area (Å²) in [5.74, 6) is -1.09. The van der Waals surface area contributed by atoms with Gasteiger partial charge in [0.15, 0.2) is 6.10 Å². The predicted octanol–water partition coefficient (Wildman–Crippen LogP) is 18.0. The molecule has 0 N–H and O–H groups in total. The molecule has 0 heterocycles. The standard InChI is InChI=1S/C63H94O6/c1-4-7-10-13-16-19-22-25-27-29-31-33-35-38-41-44-47-50-53-56-62(65)68-59-60(58-67-61(64)55-52-49-46-43-40-37-24-21-18-15-12-9-6-3)69-63(66)57-54-51-48-45-42-39-36-34-32-30-28-26-23-20-17-14-11-8-5-2/h7-12,15-21,24-28,31-34,38-39,41-42,47,50,60H,4-6,13-14,22-23,29-30,35-37,40,43-46,48-49,51-59H2,1-3H3/b10-7+,11-8+,12-9+,18-15+,19-16+,20-17+,24-21+,27-25+,28-26+,33-31+,34-32+,41-38+,42-39+,50-47+. The van der Waals surface area contributed by atoms with Gasteiger partial charge >= 0.3 is 17.9 Å². The van der Waals surface area contributed by atoms with E-state index in [0.717, 1.165) is 135 Å². The number of ether oxygens (including phenoxy) is 3. The Bertz CT molecular complexity index is 1650. The molecule has 0 aromatic rings. The zero-order valence-electron chi connectivity index (χ0n) is 43.5. The van der Waals surface area contributed by atoms with E-state index in [2.05, 4.69) is 173 Å². The van der Waals surface area contributed by atoms with Crippen molar-refractivity contribution in [2.75, 3.05) is 13.2 Å². The fourth-order valence-electron chi connectivity index (χ4n) is 6.37. The minimum atomic E-state index is -0.844. The van der Waals surface area contributed by atoms with Crippen LogP contribution >= 0.6 is 0 Å². The number of carbonyl (C=O) groups is 3. The van der Waals surface area contributed by atoms with Crippen LogP contribution < -0.4 is 0 Å². The molecule has 0 radical (unpaired) electrons. The molecule has 382 valence electrons. The highest BCUT2D eigenvalue weighted by Crippen LogP contribution is 2.11. The van der Waals surface area contributed by atoms with Crippen molar-refractivity contribution < 1.29 is 28.6 Å². The highest BCUT2D eigenvalue weighted by molar-refractivity contribution is 5.71. The van der Waals surface area contributed by atoms with E-state index in [9.17, 15) is 14.4 Å². The van der Waals surface area contributed by atoms with Crippen molar-refractivity contribution in [2.24, 2.45) is 0 Å². The molecule has 0 bridgehead atoms. The predicted molar refractivity (Wildman–Crippen MR) is 297 cm³/mol. The van der Waals surface area contributed by atoms with E-state index in [1.807, 2.05) is 18.2 Å².